The van der Waals surface area contributed by atoms with Crippen molar-refractivity contribution in [3.63, 3.8) is 0 Å². The van der Waals surface area contributed by atoms with E-state index >= 15 is 0 Å². The zero-order valence-corrected chi connectivity index (χ0v) is 17.1. The first-order valence-electron chi connectivity index (χ1n) is 9.09. The van der Waals surface area contributed by atoms with Crippen LogP contribution in [0.15, 0.2) is 35.3 Å². The molecule has 4 nitrogen and oxygen atoms in total. The molecule has 1 unspecified atom stereocenters. The highest BCUT2D eigenvalue weighted by Gasteiger charge is 2.25. The largest absolute Gasteiger partial charge is 0.355 e. The van der Waals surface area contributed by atoms with Gasteiger partial charge in [-0.3, -0.25) is 4.99 Å². The molecule has 0 radical (unpaired) electrons. The highest BCUT2D eigenvalue weighted by atomic mass is 127. The zero-order valence-electron chi connectivity index (χ0n) is 14.8. The van der Waals surface area contributed by atoms with Gasteiger partial charge in [0.15, 0.2) is 5.96 Å². The Hall–Kier alpha value is -0.820. The molecule has 0 aliphatic carbocycles. The van der Waals surface area contributed by atoms with E-state index in [9.17, 15) is 0 Å². The first-order valence-corrected chi connectivity index (χ1v) is 9.09. The molecule has 2 saturated heterocycles. The number of hydrogen-bond acceptors (Lipinski definition) is 2. The van der Waals surface area contributed by atoms with Crippen LogP contribution in [-0.4, -0.2) is 62.1 Å². The van der Waals surface area contributed by atoms with Crippen molar-refractivity contribution in [1.29, 1.82) is 0 Å². The fraction of sp³-hybridized carbons (Fsp3) is 0.632. The van der Waals surface area contributed by atoms with E-state index in [0.29, 0.717) is 5.92 Å². The standard InChI is InChI=1S/C19H30N4.HI/c1-20-19(21-11-15-22-12-6-3-7-13-22)23-14-10-18(16-23)17-8-4-2-5-9-17;/h2,4-5,8-9,18H,3,6-7,10-16H2,1H3,(H,20,21);1H. The van der Waals surface area contributed by atoms with Crippen LogP contribution in [0.4, 0.5) is 0 Å². The van der Waals surface area contributed by atoms with E-state index in [-0.39, 0.29) is 24.0 Å². The van der Waals surface area contributed by atoms with Crippen LogP contribution in [-0.2, 0) is 0 Å². The molecule has 134 valence electrons. The lowest BCUT2D eigenvalue weighted by Crippen LogP contribution is -2.44. The maximum Gasteiger partial charge on any atom is 0.193 e. The summed E-state index contributed by atoms with van der Waals surface area (Å²) in [5, 5.41) is 3.56. The van der Waals surface area contributed by atoms with Gasteiger partial charge in [-0.25, -0.2) is 0 Å². The van der Waals surface area contributed by atoms with Gasteiger partial charge in [-0.1, -0.05) is 36.8 Å². The van der Waals surface area contributed by atoms with Gasteiger partial charge in [0.05, 0.1) is 0 Å². The van der Waals surface area contributed by atoms with E-state index in [1.54, 1.807) is 0 Å². The molecule has 1 N–H and O–H groups in total. The highest BCUT2D eigenvalue weighted by molar-refractivity contribution is 14.0. The first-order chi connectivity index (χ1) is 11.4. The summed E-state index contributed by atoms with van der Waals surface area (Å²) in [5.74, 6) is 1.71. The number of nitrogens with one attached hydrogen (secondary N) is 1. The Bertz CT molecular complexity index is 499. The van der Waals surface area contributed by atoms with Crippen LogP contribution in [0.25, 0.3) is 0 Å². The molecule has 2 fully saturated rings. The molecule has 0 amide bonds. The Labute approximate surface area is 163 Å². The third-order valence-corrected chi connectivity index (χ3v) is 5.13. The predicted molar refractivity (Wildman–Crippen MR) is 112 cm³/mol. The molecule has 2 aliphatic heterocycles. The molecule has 1 aromatic rings. The fourth-order valence-electron chi connectivity index (χ4n) is 3.79. The number of likely N-dealkylation sites (tertiary alicyclic amines) is 2. The molecule has 1 aromatic carbocycles. The minimum Gasteiger partial charge on any atom is -0.355 e. The lowest BCUT2D eigenvalue weighted by Gasteiger charge is -2.28. The minimum atomic E-state index is 0. The molecule has 0 bridgehead atoms. The molecule has 2 aliphatic rings. The minimum absolute atomic E-state index is 0. The first kappa shape index (κ1) is 19.5. The molecular formula is C19H31IN4. The van der Waals surface area contributed by atoms with Crippen LogP contribution in [0.3, 0.4) is 0 Å². The average Bonchev–Trinajstić information content (AvgIpc) is 3.10. The maximum atomic E-state index is 4.49. The van der Waals surface area contributed by atoms with Crippen LogP contribution in [0.1, 0.15) is 37.2 Å². The number of piperidine rings is 1. The van der Waals surface area contributed by atoms with Gasteiger partial charge in [-0.05, 0) is 37.9 Å². The second-order valence-corrected chi connectivity index (χ2v) is 6.72. The van der Waals surface area contributed by atoms with E-state index in [1.807, 2.05) is 7.05 Å². The van der Waals surface area contributed by atoms with E-state index in [4.69, 9.17) is 0 Å². The van der Waals surface area contributed by atoms with Crippen LogP contribution in [0, 0.1) is 0 Å². The molecule has 0 aromatic heterocycles. The Morgan fingerprint density at radius 3 is 2.58 bits per heavy atom. The molecule has 0 saturated carbocycles. The number of benzene rings is 1. The van der Waals surface area contributed by atoms with Crippen molar-refractivity contribution in [2.75, 3.05) is 46.3 Å². The number of nitrogens with zero attached hydrogens (tertiary/aromatic N) is 3. The van der Waals surface area contributed by atoms with Crippen molar-refractivity contribution in [3.8, 4) is 0 Å². The number of halogens is 1. The van der Waals surface area contributed by atoms with Gasteiger partial charge in [-0.15, -0.1) is 24.0 Å². The number of aliphatic imine (C=N–C) groups is 1. The van der Waals surface area contributed by atoms with Gasteiger partial charge in [0.25, 0.3) is 0 Å². The van der Waals surface area contributed by atoms with Gasteiger partial charge in [0.1, 0.15) is 0 Å². The van der Waals surface area contributed by atoms with E-state index in [2.05, 4.69) is 50.4 Å². The third-order valence-electron chi connectivity index (χ3n) is 5.13. The van der Waals surface area contributed by atoms with E-state index in [0.717, 1.165) is 32.1 Å². The zero-order chi connectivity index (χ0) is 15.9. The van der Waals surface area contributed by atoms with Gasteiger partial charge in [0.2, 0.25) is 0 Å². The van der Waals surface area contributed by atoms with Crippen LogP contribution in [0.5, 0.6) is 0 Å². The van der Waals surface area contributed by atoms with Gasteiger partial charge < -0.3 is 15.1 Å². The van der Waals surface area contributed by atoms with E-state index in [1.165, 1.54) is 44.3 Å². The summed E-state index contributed by atoms with van der Waals surface area (Å²) < 4.78 is 0. The second-order valence-electron chi connectivity index (χ2n) is 6.72. The summed E-state index contributed by atoms with van der Waals surface area (Å²) in [6.07, 6.45) is 5.34. The van der Waals surface area contributed by atoms with Gasteiger partial charge >= 0.3 is 0 Å². The molecule has 0 spiro atoms. The normalized spacial score (nSPS) is 22.3. The van der Waals surface area contributed by atoms with Crippen LogP contribution in [0.2, 0.25) is 0 Å². The van der Waals surface area contributed by atoms with Crippen molar-refractivity contribution in [1.82, 2.24) is 15.1 Å². The maximum absolute atomic E-state index is 4.49. The monoisotopic (exact) mass is 442 g/mol. The molecular weight excluding hydrogens is 411 g/mol. The predicted octanol–water partition coefficient (Wildman–Crippen LogP) is 3.16. The number of guanidine groups is 1. The van der Waals surface area contributed by atoms with Gasteiger partial charge in [0, 0.05) is 39.1 Å². The summed E-state index contributed by atoms with van der Waals surface area (Å²) in [6, 6.07) is 10.9. The van der Waals surface area contributed by atoms with E-state index < -0.39 is 0 Å². The molecule has 5 heteroatoms. The second kappa shape index (κ2) is 10.2. The Kier molecular flexibility index (Phi) is 8.32. The summed E-state index contributed by atoms with van der Waals surface area (Å²) in [6.45, 7) is 6.84. The Morgan fingerprint density at radius 2 is 1.88 bits per heavy atom. The number of rotatable bonds is 4. The molecule has 24 heavy (non-hydrogen) atoms. The van der Waals surface area contributed by atoms with Crippen molar-refractivity contribution in [3.05, 3.63) is 35.9 Å². The summed E-state index contributed by atoms with van der Waals surface area (Å²) in [4.78, 5) is 9.47. The Balaban J connectivity index is 0.00000208. The van der Waals surface area contributed by atoms with Crippen LogP contribution < -0.4 is 5.32 Å². The van der Waals surface area contributed by atoms with Crippen molar-refractivity contribution in [2.45, 2.75) is 31.6 Å². The fourth-order valence-corrected chi connectivity index (χ4v) is 3.79. The average molecular weight is 442 g/mol. The molecule has 2 heterocycles. The van der Waals surface area contributed by atoms with Crippen molar-refractivity contribution < 1.29 is 0 Å². The molecule has 1 atom stereocenters. The Morgan fingerprint density at radius 1 is 1.12 bits per heavy atom. The summed E-state index contributed by atoms with van der Waals surface area (Å²) in [7, 11) is 1.90. The quantitative estimate of drug-likeness (QED) is 0.442. The summed E-state index contributed by atoms with van der Waals surface area (Å²) in [5.41, 5.74) is 1.46. The third kappa shape index (κ3) is 5.34. The highest BCUT2D eigenvalue weighted by Crippen LogP contribution is 2.26. The topological polar surface area (TPSA) is 30.9 Å². The lowest BCUT2D eigenvalue weighted by atomic mass is 9.99. The summed E-state index contributed by atoms with van der Waals surface area (Å²) >= 11 is 0. The van der Waals surface area contributed by atoms with Crippen molar-refractivity contribution in [2.24, 2.45) is 4.99 Å². The molecule has 3 rings (SSSR count). The number of hydrogen-bond donors (Lipinski definition) is 1. The van der Waals surface area contributed by atoms with Crippen molar-refractivity contribution >= 4 is 29.9 Å². The SMILES string of the molecule is CN=C(NCCN1CCCCC1)N1CCC(c2ccccc2)C1.I. The van der Waals surface area contributed by atoms with Crippen LogP contribution >= 0.6 is 24.0 Å². The van der Waals surface area contributed by atoms with Gasteiger partial charge in [-0.2, -0.15) is 0 Å². The lowest BCUT2D eigenvalue weighted by molar-refractivity contribution is 0.231. The smallest absolute Gasteiger partial charge is 0.193 e.